The van der Waals surface area contributed by atoms with Crippen molar-refractivity contribution in [1.82, 2.24) is 15.3 Å². The zero-order valence-electron chi connectivity index (χ0n) is 13.1. The second kappa shape index (κ2) is 7.88. The second-order valence-electron chi connectivity index (χ2n) is 5.63. The number of β-amino-alcohol motifs (C(OH)–C–C–N with tert-alkyl or cyclic N) is 1. The van der Waals surface area contributed by atoms with Crippen LogP contribution in [0.15, 0.2) is 41.0 Å². The summed E-state index contributed by atoms with van der Waals surface area (Å²) in [6.07, 6.45) is 1.56. The molecule has 1 saturated heterocycles. The lowest BCUT2D eigenvalue weighted by Crippen LogP contribution is -2.35. The number of anilines is 1. The van der Waals surface area contributed by atoms with Gasteiger partial charge in [-0.1, -0.05) is 0 Å². The summed E-state index contributed by atoms with van der Waals surface area (Å²) in [5.41, 5.74) is 2.29. The molecule has 3 heterocycles. The molecule has 7 nitrogen and oxygen atoms in total. The van der Waals surface area contributed by atoms with Crippen LogP contribution in [0.4, 0.5) is 5.69 Å². The Kier molecular flexibility index (Phi) is 6.07. The first-order valence-electron chi connectivity index (χ1n) is 7.45. The Morgan fingerprint density at radius 1 is 1.32 bits per heavy atom. The molecule has 1 amide bonds. The third-order valence-electron chi connectivity index (χ3n) is 3.93. The first-order valence-corrected chi connectivity index (χ1v) is 7.45. The Hall–Kier alpha value is -2.06. The molecule has 0 aliphatic carbocycles. The highest BCUT2D eigenvalue weighted by Crippen LogP contribution is 2.23. The zero-order valence-corrected chi connectivity index (χ0v) is 14.7. The van der Waals surface area contributed by atoms with E-state index in [0.29, 0.717) is 30.2 Å². The summed E-state index contributed by atoms with van der Waals surface area (Å²) in [5, 5.41) is 15.3. The Bertz CT molecular complexity index is 850. The van der Waals surface area contributed by atoms with Crippen molar-refractivity contribution in [2.24, 2.45) is 0 Å². The van der Waals surface area contributed by atoms with Crippen LogP contribution in [-0.2, 0) is 4.79 Å². The number of H-pyrrole nitrogens is 1. The number of imidazole rings is 1. The van der Waals surface area contributed by atoms with Crippen LogP contribution in [0.25, 0.3) is 22.6 Å². The number of halogens is 2. The van der Waals surface area contributed by atoms with Crippen molar-refractivity contribution in [1.29, 1.82) is 0 Å². The standard InChI is InChI=1S/C16H16N4O3.2ClH/c21-10-7-13(17-8-10)16(22)18-9-3-4-11-12(6-9)20-15(19-11)14-2-1-5-23-14;;/h1-6,10,13,17,21H,7-8H2,(H,18,22)(H,19,20);2*1H. The lowest BCUT2D eigenvalue weighted by atomic mass is 10.2. The number of nitrogens with one attached hydrogen (secondary N) is 3. The first kappa shape index (κ1) is 19.3. The Morgan fingerprint density at radius 2 is 2.16 bits per heavy atom. The van der Waals surface area contributed by atoms with Gasteiger partial charge in [0.25, 0.3) is 0 Å². The van der Waals surface area contributed by atoms with Crippen molar-refractivity contribution in [2.75, 3.05) is 11.9 Å². The summed E-state index contributed by atoms with van der Waals surface area (Å²) >= 11 is 0. The van der Waals surface area contributed by atoms with Gasteiger partial charge < -0.3 is 25.1 Å². The van der Waals surface area contributed by atoms with E-state index < -0.39 is 6.10 Å². The normalized spacial score (nSPS) is 19.2. The van der Waals surface area contributed by atoms with Gasteiger partial charge >= 0.3 is 0 Å². The fourth-order valence-corrected chi connectivity index (χ4v) is 2.76. The Morgan fingerprint density at radius 3 is 2.84 bits per heavy atom. The molecule has 2 atom stereocenters. The topological polar surface area (TPSA) is 103 Å². The van der Waals surface area contributed by atoms with Gasteiger partial charge in [0.15, 0.2) is 11.6 Å². The van der Waals surface area contributed by atoms with Gasteiger partial charge in [-0.05, 0) is 36.8 Å². The molecule has 0 radical (unpaired) electrons. The molecular formula is C16H18Cl2N4O3. The van der Waals surface area contributed by atoms with Crippen molar-refractivity contribution in [2.45, 2.75) is 18.6 Å². The summed E-state index contributed by atoms with van der Waals surface area (Å²) in [7, 11) is 0. The number of aromatic amines is 1. The van der Waals surface area contributed by atoms with Crippen LogP contribution >= 0.6 is 24.8 Å². The average molecular weight is 385 g/mol. The number of carbonyl (C=O) groups excluding carboxylic acids is 1. The van der Waals surface area contributed by atoms with E-state index >= 15 is 0 Å². The molecule has 0 bridgehead atoms. The van der Waals surface area contributed by atoms with Crippen LogP contribution in [0, 0.1) is 0 Å². The van der Waals surface area contributed by atoms with Gasteiger partial charge in [0.1, 0.15) is 0 Å². The van der Waals surface area contributed by atoms with Gasteiger partial charge in [-0.3, -0.25) is 4.79 Å². The number of rotatable bonds is 3. The van der Waals surface area contributed by atoms with Crippen LogP contribution in [-0.4, -0.2) is 39.7 Å². The molecule has 0 spiro atoms. The van der Waals surface area contributed by atoms with Gasteiger partial charge in [-0.25, -0.2) is 4.98 Å². The molecular weight excluding hydrogens is 367 g/mol. The molecule has 4 N–H and O–H groups in total. The molecule has 1 fully saturated rings. The molecule has 1 aromatic carbocycles. The van der Waals surface area contributed by atoms with Crippen LogP contribution in [0.1, 0.15) is 6.42 Å². The van der Waals surface area contributed by atoms with Crippen LogP contribution < -0.4 is 10.6 Å². The Balaban J connectivity index is 0.00000113. The average Bonchev–Trinajstić information content (AvgIpc) is 3.26. The zero-order chi connectivity index (χ0) is 15.8. The van der Waals surface area contributed by atoms with E-state index in [1.807, 2.05) is 18.2 Å². The number of hydrogen-bond acceptors (Lipinski definition) is 5. The molecule has 9 heteroatoms. The lowest BCUT2D eigenvalue weighted by molar-refractivity contribution is -0.117. The molecule has 3 aromatic rings. The maximum atomic E-state index is 12.2. The maximum absolute atomic E-state index is 12.2. The molecule has 0 saturated carbocycles. The van der Waals surface area contributed by atoms with E-state index in [1.54, 1.807) is 18.4 Å². The molecule has 1 aliphatic rings. The van der Waals surface area contributed by atoms with Crippen LogP contribution in [0.2, 0.25) is 0 Å². The highest BCUT2D eigenvalue weighted by Gasteiger charge is 2.28. The number of carbonyl (C=O) groups is 1. The van der Waals surface area contributed by atoms with Gasteiger partial charge in [0.2, 0.25) is 5.91 Å². The maximum Gasteiger partial charge on any atom is 0.241 e. The lowest BCUT2D eigenvalue weighted by Gasteiger charge is -2.10. The van der Waals surface area contributed by atoms with E-state index in [0.717, 1.165) is 11.0 Å². The fraction of sp³-hybridized carbons (Fsp3) is 0.250. The minimum atomic E-state index is -0.461. The highest BCUT2D eigenvalue weighted by atomic mass is 35.5. The van der Waals surface area contributed by atoms with Crippen molar-refractivity contribution in [3.8, 4) is 11.6 Å². The van der Waals surface area contributed by atoms with Crippen molar-refractivity contribution >= 4 is 47.4 Å². The summed E-state index contributed by atoms with van der Waals surface area (Å²) in [5.74, 6) is 1.16. The Labute approximate surface area is 156 Å². The van der Waals surface area contributed by atoms with Crippen molar-refractivity contribution in [3.63, 3.8) is 0 Å². The predicted molar refractivity (Wildman–Crippen MR) is 99.3 cm³/mol. The third kappa shape index (κ3) is 3.96. The number of amides is 1. The quantitative estimate of drug-likeness (QED) is 0.554. The minimum Gasteiger partial charge on any atom is -0.461 e. The highest BCUT2D eigenvalue weighted by molar-refractivity contribution is 5.96. The molecule has 2 unspecified atom stereocenters. The van der Waals surface area contributed by atoms with Gasteiger partial charge in [0, 0.05) is 12.2 Å². The number of hydrogen-bond donors (Lipinski definition) is 4. The van der Waals surface area contributed by atoms with Crippen molar-refractivity contribution in [3.05, 3.63) is 36.6 Å². The minimum absolute atomic E-state index is 0. The smallest absolute Gasteiger partial charge is 0.241 e. The van der Waals surface area contributed by atoms with E-state index in [9.17, 15) is 9.90 Å². The van der Waals surface area contributed by atoms with E-state index in [4.69, 9.17) is 4.42 Å². The summed E-state index contributed by atoms with van der Waals surface area (Å²) in [6, 6.07) is 8.75. The number of nitrogens with zero attached hydrogens (tertiary/aromatic N) is 1. The molecule has 1 aliphatic heterocycles. The predicted octanol–water partition coefficient (Wildman–Crippen LogP) is 2.33. The second-order valence-corrected chi connectivity index (χ2v) is 5.63. The number of furan rings is 1. The largest absolute Gasteiger partial charge is 0.461 e. The SMILES string of the molecule is Cl.Cl.O=C(Nc1ccc2nc(-c3ccco3)[nH]c2c1)C1CC(O)CN1. The monoisotopic (exact) mass is 384 g/mol. The number of aromatic nitrogens is 2. The van der Waals surface area contributed by atoms with E-state index in [-0.39, 0.29) is 36.8 Å². The molecule has 2 aromatic heterocycles. The van der Waals surface area contributed by atoms with Crippen LogP contribution in [0.3, 0.4) is 0 Å². The molecule has 4 rings (SSSR count). The summed E-state index contributed by atoms with van der Waals surface area (Å²) < 4.78 is 5.33. The van der Waals surface area contributed by atoms with Crippen LogP contribution in [0.5, 0.6) is 0 Å². The van der Waals surface area contributed by atoms with Gasteiger partial charge in [0.05, 0.1) is 29.4 Å². The molecule has 25 heavy (non-hydrogen) atoms. The number of fused-ring (bicyclic) bond motifs is 1. The number of benzene rings is 1. The summed E-state index contributed by atoms with van der Waals surface area (Å²) in [4.78, 5) is 19.8. The summed E-state index contributed by atoms with van der Waals surface area (Å²) in [6.45, 7) is 0.449. The molecule has 134 valence electrons. The number of aliphatic hydroxyl groups excluding tert-OH is 1. The first-order chi connectivity index (χ1) is 11.2. The van der Waals surface area contributed by atoms with E-state index in [1.165, 1.54) is 0 Å². The van der Waals surface area contributed by atoms with Gasteiger partial charge in [-0.2, -0.15) is 0 Å². The van der Waals surface area contributed by atoms with E-state index in [2.05, 4.69) is 20.6 Å². The third-order valence-corrected chi connectivity index (χ3v) is 3.93. The number of aliphatic hydroxyl groups is 1. The fourth-order valence-electron chi connectivity index (χ4n) is 2.76. The van der Waals surface area contributed by atoms with Crippen molar-refractivity contribution < 1.29 is 14.3 Å². The van der Waals surface area contributed by atoms with Gasteiger partial charge in [-0.15, -0.1) is 24.8 Å².